The standard InChI is InChI=1S/C30H30FN5O3/c31-23-15-21-26-29(27(23)35-11-7-20(32)16-35)39-25-14-19-6-2-1-5-18(19)13-24(25)36(26)17-22(28(21)37)30(38)33-8-12-34-9-3-4-10-34/h1-2,5-6,13-15,17,20H,3-4,7-12,16,32H2,(H,33,38)/t20-/m1/s1. The second-order valence-corrected chi connectivity index (χ2v) is 10.7. The molecule has 0 unspecified atom stereocenters. The fourth-order valence-electron chi connectivity index (χ4n) is 6.17. The number of nitrogens with one attached hydrogen (secondary N) is 1. The number of rotatable bonds is 5. The number of aromatic nitrogens is 1. The summed E-state index contributed by atoms with van der Waals surface area (Å²) in [6.07, 6.45) is 4.64. The van der Waals surface area contributed by atoms with E-state index < -0.39 is 17.2 Å². The first kappa shape index (κ1) is 24.1. The molecule has 3 aromatic carbocycles. The van der Waals surface area contributed by atoms with E-state index in [1.807, 2.05) is 45.9 Å². The molecular formula is C30H30FN5O3. The van der Waals surface area contributed by atoms with Crippen molar-refractivity contribution in [1.29, 1.82) is 0 Å². The number of hydrogen-bond acceptors (Lipinski definition) is 6. The molecule has 1 atom stereocenters. The monoisotopic (exact) mass is 527 g/mol. The molecular weight excluding hydrogens is 497 g/mol. The lowest BCUT2D eigenvalue weighted by Crippen LogP contribution is -2.36. The third-order valence-corrected chi connectivity index (χ3v) is 8.17. The van der Waals surface area contributed by atoms with E-state index in [1.54, 1.807) is 6.20 Å². The Morgan fingerprint density at radius 1 is 1.10 bits per heavy atom. The number of carbonyl (C=O) groups excluding carboxylic acids is 1. The Bertz CT molecular complexity index is 1690. The summed E-state index contributed by atoms with van der Waals surface area (Å²) in [6, 6.07) is 13.0. The molecule has 1 amide bonds. The first-order chi connectivity index (χ1) is 19.0. The zero-order chi connectivity index (χ0) is 26.7. The van der Waals surface area contributed by atoms with E-state index in [4.69, 9.17) is 10.5 Å². The van der Waals surface area contributed by atoms with Gasteiger partial charge in [-0.15, -0.1) is 0 Å². The Kier molecular flexibility index (Phi) is 5.79. The number of carbonyl (C=O) groups is 1. The van der Waals surface area contributed by atoms with Crippen molar-refractivity contribution in [3.63, 3.8) is 0 Å². The Hall–Kier alpha value is -3.95. The average Bonchev–Trinajstić information content (AvgIpc) is 3.60. The third-order valence-electron chi connectivity index (χ3n) is 8.17. The SMILES string of the molecule is N[C@@H]1CCN(c2c(F)cc3c(=O)c(C(=O)NCCN4CCCC4)cn4c3c2Oc2cc3ccccc3cc2-4)C1. The van der Waals surface area contributed by atoms with Gasteiger partial charge in [-0.3, -0.25) is 9.59 Å². The van der Waals surface area contributed by atoms with Gasteiger partial charge in [-0.05, 0) is 61.3 Å². The minimum atomic E-state index is -0.564. The van der Waals surface area contributed by atoms with Gasteiger partial charge in [-0.2, -0.15) is 0 Å². The van der Waals surface area contributed by atoms with Crippen LogP contribution in [0, 0.1) is 5.82 Å². The van der Waals surface area contributed by atoms with Crippen molar-refractivity contribution in [3.8, 4) is 17.2 Å². The second-order valence-electron chi connectivity index (χ2n) is 10.7. The zero-order valence-electron chi connectivity index (χ0n) is 21.6. The number of nitrogens with two attached hydrogens (primary N) is 1. The molecule has 3 aliphatic heterocycles. The molecule has 0 aliphatic carbocycles. The Morgan fingerprint density at radius 2 is 1.87 bits per heavy atom. The number of fused-ring (bicyclic) bond motifs is 3. The molecule has 9 heteroatoms. The van der Waals surface area contributed by atoms with Gasteiger partial charge in [0.2, 0.25) is 5.43 Å². The Labute approximate surface area is 224 Å². The van der Waals surface area contributed by atoms with Crippen LogP contribution in [0.2, 0.25) is 0 Å². The summed E-state index contributed by atoms with van der Waals surface area (Å²) < 4.78 is 24.0. The molecule has 8 nitrogen and oxygen atoms in total. The minimum Gasteiger partial charge on any atom is -0.451 e. The fraction of sp³-hybridized carbons (Fsp3) is 0.333. The number of nitrogens with zero attached hydrogens (tertiary/aromatic N) is 3. The van der Waals surface area contributed by atoms with Gasteiger partial charge < -0.3 is 30.2 Å². The van der Waals surface area contributed by atoms with Gasteiger partial charge in [0.15, 0.2) is 17.3 Å². The van der Waals surface area contributed by atoms with Crippen LogP contribution >= 0.6 is 0 Å². The van der Waals surface area contributed by atoms with E-state index in [0.29, 0.717) is 42.3 Å². The second kappa shape index (κ2) is 9.36. The van der Waals surface area contributed by atoms with Gasteiger partial charge in [-0.25, -0.2) is 4.39 Å². The molecule has 0 saturated carbocycles. The van der Waals surface area contributed by atoms with Crippen molar-refractivity contribution in [3.05, 3.63) is 70.3 Å². The largest absolute Gasteiger partial charge is 0.451 e. The summed E-state index contributed by atoms with van der Waals surface area (Å²) >= 11 is 0. The van der Waals surface area contributed by atoms with Gasteiger partial charge in [-0.1, -0.05) is 24.3 Å². The van der Waals surface area contributed by atoms with Crippen molar-refractivity contribution in [1.82, 2.24) is 14.8 Å². The van der Waals surface area contributed by atoms with Crippen LogP contribution in [0.15, 0.2) is 53.5 Å². The highest BCUT2D eigenvalue weighted by molar-refractivity contribution is 6.02. The van der Waals surface area contributed by atoms with Crippen molar-refractivity contribution in [2.45, 2.75) is 25.3 Å². The first-order valence-corrected chi connectivity index (χ1v) is 13.6. The van der Waals surface area contributed by atoms with Crippen LogP contribution in [0.1, 0.15) is 29.6 Å². The van der Waals surface area contributed by atoms with E-state index in [2.05, 4.69) is 10.2 Å². The zero-order valence-corrected chi connectivity index (χ0v) is 21.6. The van der Waals surface area contributed by atoms with Gasteiger partial charge in [0, 0.05) is 38.4 Å². The van der Waals surface area contributed by atoms with Crippen LogP contribution in [-0.4, -0.2) is 60.7 Å². The maximum absolute atomic E-state index is 15.8. The minimum absolute atomic E-state index is 0.0220. The van der Waals surface area contributed by atoms with Crippen molar-refractivity contribution >= 4 is 33.3 Å². The Balaban J connectivity index is 1.40. The topological polar surface area (TPSA) is 92.8 Å². The number of ether oxygens (including phenoxy) is 1. The lowest BCUT2D eigenvalue weighted by atomic mass is 10.0. The fourth-order valence-corrected chi connectivity index (χ4v) is 6.17. The van der Waals surface area contributed by atoms with E-state index in [9.17, 15) is 9.59 Å². The highest BCUT2D eigenvalue weighted by atomic mass is 19.1. The molecule has 4 aromatic rings. The predicted octanol–water partition coefficient (Wildman–Crippen LogP) is 3.75. The molecule has 7 rings (SSSR count). The summed E-state index contributed by atoms with van der Waals surface area (Å²) in [5.41, 5.74) is 7.05. The number of anilines is 1. The summed E-state index contributed by atoms with van der Waals surface area (Å²) in [6.45, 7) is 4.30. The lowest BCUT2D eigenvalue weighted by Gasteiger charge is -2.29. The molecule has 3 aliphatic rings. The van der Waals surface area contributed by atoms with Gasteiger partial charge in [0.25, 0.3) is 5.91 Å². The number of pyridine rings is 1. The highest BCUT2D eigenvalue weighted by Gasteiger charge is 2.33. The van der Waals surface area contributed by atoms with E-state index in [1.165, 1.54) is 18.9 Å². The third kappa shape index (κ3) is 4.04. The summed E-state index contributed by atoms with van der Waals surface area (Å²) in [5, 5.41) is 4.97. The van der Waals surface area contributed by atoms with Gasteiger partial charge in [0.05, 0.1) is 11.1 Å². The predicted molar refractivity (Wildman–Crippen MR) is 150 cm³/mol. The molecule has 2 fully saturated rings. The van der Waals surface area contributed by atoms with E-state index in [-0.39, 0.29) is 22.7 Å². The molecule has 2 saturated heterocycles. The Morgan fingerprint density at radius 3 is 2.62 bits per heavy atom. The van der Waals surface area contributed by atoms with Crippen molar-refractivity contribution < 1.29 is 13.9 Å². The summed E-state index contributed by atoms with van der Waals surface area (Å²) in [7, 11) is 0. The van der Waals surface area contributed by atoms with Gasteiger partial charge >= 0.3 is 0 Å². The van der Waals surface area contributed by atoms with Crippen LogP contribution in [0.3, 0.4) is 0 Å². The van der Waals surface area contributed by atoms with Crippen LogP contribution in [-0.2, 0) is 0 Å². The number of benzene rings is 3. The first-order valence-electron chi connectivity index (χ1n) is 13.6. The average molecular weight is 528 g/mol. The smallest absolute Gasteiger partial charge is 0.256 e. The van der Waals surface area contributed by atoms with Crippen LogP contribution < -0.4 is 26.1 Å². The molecule has 39 heavy (non-hydrogen) atoms. The molecule has 0 spiro atoms. The molecule has 0 radical (unpaired) electrons. The maximum Gasteiger partial charge on any atom is 0.256 e. The lowest BCUT2D eigenvalue weighted by molar-refractivity contribution is 0.0948. The van der Waals surface area contributed by atoms with Gasteiger partial charge in [0.1, 0.15) is 16.8 Å². The van der Waals surface area contributed by atoms with Crippen molar-refractivity contribution in [2.24, 2.45) is 5.73 Å². The molecule has 4 heterocycles. The van der Waals surface area contributed by atoms with E-state index >= 15 is 4.39 Å². The molecule has 0 bridgehead atoms. The summed E-state index contributed by atoms with van der Waals surface area (Å²) in [5.74, 6) is -0.219. The van der Waals surface area contributed by atoms with Crippen LogP contribution in [0.4, 0.5) is 10.1 Å². The number of amides is 1. The molecule has 1 aromatic heterocycles. The van der Waals surface area contributed by atoms with E-state index in [0.717, 1.165) is 36.8 Å². The summed E-state index contributed by atoms with van der Waals surface area (Å²) in [4.78, 5) is 31.1. The number of hydrogen-bond donors (Lipinski definition) is 2. The van der Waals surface area contributed by atoms with Crippen LogP contribution in [0.25, 0.3) is 27.4 Å². The number of halogens is 1. The normalized spacial score (nSPS) is 18.5. The van der Waals surface area contributed by atoms with Crippen LogP contribution in [0.5, 0.6) is 11.5 Å². The maximum atomic E-state index is 15.8. The number of likely N-dealkylation sites (tertiary alicyclic amines) is 1. The quantitative estimate of drug-likeness (QED) is 0.362. The highest BCUT2D eigenvalue weighted by Crippen LogP contribution is 2.48. The van der Waals surface area contributed by atoms with Crippen molar-refractivity contribution in [2.75, 3.05) is 44.2 Å². The molecule has 3 N–H and O–H groups in total. The molecule has 200 valence electrons.